The lowest BCUT2D eigenvalue weighted by Crippen LogP contribution is -2.57. The Labute approximate surface area is 217 Å². The number of hydrogen-bond acceptors (Lipinski definition) is 5. The van der Waals surface area contributed by atoms with Gasteiger partial charge in [-0.3, -0.25) is 14.4 Å². The third-order valence-electron chi connectivity index (χ3n) is 8.02. The van der Waals surface area contributed by atoms with E-state index in [-0.39, 0.29) is 37.4 Å². The molecule has 2 unspecified atom stereocenters. The van der Waals surface area contributed by atoms with Gasteiger partial charge in [0.15, 0.2) is 0 Å². The van der Waals surface area contributed by atoms with E-state index < -0.39 is 29.1 Å². The number of carbonyl (C=O) groups is 3. The van der Waals surface area contributed by atoms with E-state index in [1.165, 1.54) is 4.90 Å². The molecule has 4 rings (SSSR count). The summed E-state index contributed by atoms with van der Waals surface area (Å²) in [6, 6.07) is 5.89. The summed E-state index contributed by atoms with van der Waals surface area (Å²) in [6.45, 7) is 9.70. The molecule has 8 nitrogen and oxygen atoms in total. The lowest BCUT2D eigenvalue weighted by atomic mass is 9.64. The zero-order chi connectivity index (χ0) is 26.3. The van der Waals surface area contributed by atoms with Crippen LogP contribution < -0.4 is 4.90 Å². The Morgan fingerprint density at radius 2 is 1.86 bits per heavy atom. The third-order valence-corrected chi connectivity index (χ3v) is 8.27. The fourth-order valence-electron chi connectivity index (χ4n) is 6.46. The highest BCUT2D eigenvalue weighted by atomic mass is 35.5. The topological polar surface area (TPSA) is 90.4 Å². The molecule has 1 spiro atoms. The Morgan fingerprint density at radius 1 is 1.19 bits per heavy atom. The number of aliphatic hydroxyl groups is 1. The summed E-state index contributed by atoms with van der Waals surface area (Å²) in [5.74, 6) is -2.36. The minimum atomic E-state index is -1.15. The van der Waals surface area contributed by atoms with Gasteiger partial charge in [-0.1, -0.05) is 30.7 Å². The molecular formula is C27H34ClN3O5. The van der Waals surface area contributed by atoms with Crippen molar-refractivity contribution in [3.8, 4) is 0 Å². The molecule has 2 bridgehead atoms. The summed E-state index contributed by atoms with van der Waals surface area (Å²) in [7, 11) is 1.69. The van der Waals surface area contributed by atoms with Crippen molar-refractivity contribution in [3.05, 3.63) is 54.6 Å². The molecule has 0 radical (unpaired) electrons. The number of β-amino-alcohol motifs (C(OH)–C–C–N with tert-alkyl or cyclic N) is 1. The van der Waals surface area contributed by atoms with E-state index in [9.17, 15) is 19.5 Å². The number of rotatable bonds is 10. The van der Waals surface area contributed by atoms with Crippen molar-refractivity contribution in [2.45, 2.75) is 43.4 Å². The molecule has 36 heavy (non-hydrogen) atoms. The van der Waals surface area contributed by atoms with Crippen LogP contribution in [0.25, 0.3) is 0 Å². The molecule has 3 aliphatic rings. The highest BCUT2D eigenvalue weighted by Gasteiger charge is 2.78. The van der Waals surface area contributed by atoms with Gasteiger partial charge in [-0.25, -0.2) is 0 Å². The number of halogens is 1. The standard InChI is InChI=1S/C27H34ClN3O5/c1-5-14-29(4)23(33)20-21-24(34)31(16-17-32)22(27(21)13-12-26(20,7-3)36-27)25(35)30(15-6-2)19-10-8-18(28)9-11-19/h5-6,8-11,20-22,32H,1-2,7,12-17H2,3-4H3/t20-,21-,22?,26+,27?/m0/s1. The maximum atomic E-state index is 14.3. The number of anilines is 1. The predicted octanol–water partition coefficient (Wildman–Crippen LogP) is 2.65. The van der Waals surface area contributed by atoms with Gasteiger partial charge >= 0.3 is 0 Å². The smallest absolute Gasteiger partial charge is 0.253 e. The van der Waals surface area contributed by atoms with Crippen LogP contribution in [0.3, 0.4) is 0 Å². The molecule has 1 N–H and O–H groups in total. The molecule has 9 heteroatoms. The first kappa shape index (κ1) is 26.4. The third kappa shape index (κ3) is 3.86. The van der Waals surface area contributed by atoms with E-state index in [0.29, 0.717) is 36.5 Å². The molecule has 3 amide bonds. The van der Waals surface area contributed by atoms with Gasteiger partial charge in [0.2, 0.25) is 11.8 Å². The van der Waals surface area contributed by atoms with Gasteiger partial charge in [-0.2, -0.15) is 0 Å². The molecule has 0 saturated carbocycles. The molecule has 194 valence electrons. The quantitative estimate of drug-likeness (QED) is 0.484. The minimum Gasteiger partial charge on any atom is -0.395 e. The van der Waals surface area contributed by atoms with Gasteiger partial charge in [0.25, 0.3) is 5.91 Å². The molecule has 1 aromatic rings. The second-order valence-corrected chi connectivity index (χ2v) is 10.2. The van der Waals surface area contributed by atoms with E-state index in [1.54, 1.807) is 53.3 Å². The Balaban J connectivity index is 1.81. The van der Waals surface area contributed by atoms with Gasteiger partial charge in [0.1, 0.15) is 11.6 Å². The molecule has 1 aromatic carbocycles. The van der Waals surface area contributed by atoms with E-state index in [0.717, 1.165) is 0 Å². The molecule has 3 fully saturated rings. The maximum Gasteiger partial charge on any atom is 0.253 e. The van der Waals surface area contributed by atoms with Crippen molar-refractivity contribution in [2.75, 3.05) is 38.2 Å². The number of benzene rings is 1. The predicted molar refractivity (Wildman–Crippen MR) is 137 cm³/mol. The first-order valence-electron chi connectivity index (χ1n) is 12.4. The number of fused-ring (bicyclic) bond motifs is 1. The van der Waals surface area contributed by atoms with E-state index >= 15 is 0 Å². The van der Waals surface area contributed by atoms with E-state index in [4.69, 9.17) is 16.3 Å². The monoisotopic (exact) mass is 515 g/mol. The fraction of sp³-hybridized carbons (Fsp3) is 0.519. The fourth-order valence-corrected chi connectivity index (χ4v) is 6.59. The number of nitrogens with zero attached hydrogens (tertiary/aromatic N) is 3. The first-order chi connectivity index (χ1) is 17.2. The summed E-state index contributed by atoms with van der Waals surface area (Å²) < 4.78 is 6.73. The van der Waals surface area contributed by atoms with Crippen LogP contribution in [0, 0.1) is 11.8 Å². The van der Waals surface area contributed by atoms with Crippen molar-refractivity contribution < 1.29 is 24.2 Å². The molecule has 0 aromatic heterocycles. The second kappa shape index (κ2) is 10.00. The molecular weight excluding hydrogens is 482 g/mol. The molecule has 0 aliphatic carbocycles. The van der Waals surface area contributed by atoms with Gasteiger partial charge in [-0.15, -0.1) is 13.2 Å². The number of hydrogen-bond donors (Lipinski definition) is 1. The van der Waals surface area contributed by atoms with Crippen LogP contribution >= 0.6 is 11.6 Å². The number of likely N-dealkylation sites (tertiary alicyclic amines) is 1. The van der Waals surface area contributed by atoms with Crippen molar-refractivity contribution >= 4 is 35.0 Å². The first-order valence-corrected chi connectivity index (χ1v) is 12.7. The lowest BCUT2D eigenvalue weighted by molar-refractivity contribution is -0.150. The van der Waals surface area contributed by atoms with Gasteiger partial charge < -0.3 is 24.5 Å². The molecule has 5 atom stereocenters. The number of likely N-dealkylation sites (N-methyl/N-ethyl adjacent to an activating group) is 1. The van der Waals surface area contributed by atoms with Crippen LogP contribution in [0.4, 0.5) is 5.69 Å². The average molecular weight is 516 g/mol. The normalized spacial score (nSPS) is 30.3. The van der Waals surface area contributed by atoms with Crippen molar-refractivity contribution in [3.63, 3.8) is 0 Å². The van der Waals surface area contributed by atoms with Crippen LogP contribution in [0.1, 0.15) is 26.2 Å². The minimum absolute atomic E-state index is 0.0259. The van der Waals surface area contributed by atoms with Crippen LogP contribution in [0.5, 0.6) is 0 Å². The SMILES string of the molecule is C=CCN(C)C(=O)[C@@H]1[C@H]2C(=O)N(CCO)C(C(=O)N(CC=C)c3ccc(Cl)cc3)C23CC[C@@]1(CC)O3. The van der Waals surface area contributed by atoms with Crippen LogP contribution in [0.2, 0.25) is 5.02 Å². The average Bonchev–Trinajstić information content (AvgIpc) is 3.47. The number of amides is 3. The number of ether oxygens (including phenoxy) is 1. The van der Waals surface area contributed by atoms with Gasteiger partial charge in [-0.05, 0) is 43.5 Å². The highest BCUT2D eigenvalue weighted by Crippen LogP contribution is 2.64. The van der Waals surface area contributed by atoms with E-state index in [1.807, 2.05) is 6.92 Å². The zero-order valence-electron chi connectivity index (χ0n) is 20.9. The van der Waals surface area contributed by atoms with Crippen LogP contribution in [0.15, 0.2) is 49.6 Å². The Hall–Kier alpha value is -2.68. The lowest BCUT2D eigenvalue weighted by Gasteiger charge is -2.36. The van der Waals surface area contributed by atoms with Gasteiger partial charge in [0.05, 0.1) is 24.0 Å². The Bertz CT molecular complexity index is 1060. The highest BCUT2D eigenvalue weighted by molar-refractivity contribution is 6.30. The summed E-state index contributed by atoms with van der Waals surface area (Å²) in [4.78, 5) is 46.4. The number of carbonyl (C=O) groups excluding carboxylic acids is 3. The summed E-state index contributed by atoms with van der Waals surface area (Å²) in [5.41, 5.74) is -1.36. The number of aliphatic hydroxyl groups excluding tert-OH is 1. The zero-order valence-corrected chi connectivity index (χ0v) is 21.6. The molecule has 3 heterocycles. The second-order valence-electron chi connectivity index (χ2n) is 9.81. The Morgan fingerprint density at radius 3 is 2.44 bits per heavy atom. The summed E-state index contributed by atoms with van der Waals surface area (Å²) in [6.07, 6.45) is 4.86. The summed E-state index contributed by atoms with van der Waals surface area (Å²) >= 11 is 6.07. The van der Waals surface area contributed by atoms with E-state index in [2.05, 4.69) is 13.2 Å². The Kier molecular flexibility index (Phi) is 7.33. The molecule has 3 aliphatic heterocycles. The molecule has 3 saturated heterocycles. The van der Waals surface area contributed by atoms with Crippen molar-refractivity contribution in [1.29, 1.82) is 0 Å². The van der Waals surface area contributed by atoms with Crippen molar-refractivity contribution in [1.82, 2.24) is 9.80 Å². The maximum absolute atomic E-state index is 14.3. The largest absolute Gasteiger partial charge is 0.395 e. The van der Waals surface area contributed by atoms with Crippen molar-refractivity contribution in [2.24, 2.45) is 11.8 Å². The summed E-state index contributed by atoms with van der Waals surface area (Å²) in [5, 5.41) is 10.4. The van der Waals surface area contributed by atoms with Gasteiger partial charge in [0, 0.05) is 37.4 Å². The van der Waals surface area contributed by atoms with Crippen LogP contribution in [-0.2, 0) is 19.1 Å². The van der Waals surface area contributed by atoms with Crippen LogP contribution in [-0.4, -0.2) is 83.2 Å².